The zero-order chi connectivity index (χ0) is 21.8. The lowest BCUT2D eigenvalue weighted by Crippen LogP contribution is -2.74. The normalized spacial score (nSPS) is 18.9. The van der Waals surface area contributed by atoms with Crippen LogP contribution in [0.5, 0.6) is 0 Å². The van der Waals surface area contributed by atoms with E-state index in [1.165, 1.54) is 19.5 Å². The van der Waals surface area contributed by atoms with Crippen molar-refractivity contribution in [3.63, 3.8) is 0 Å². The minimum Gasteiger partial charge on any atom is -0.372 e. The topological polar surface area (TPSA) is 74.8 Å². The van der Waals surface area contributed by atoms with E-state index in [-0.39, 0.29) is 32.9 Å². The Hall–Kier alpha value is -2.40. The van der Waals surface area contributed by atoms with Gasteiger partial charge in [-0.05, 0) is 13.0 Å². The second kappa shape index (κ2) is 7.09. The number of rotatable bonds is 4. The van der Waals surface area contributed by atoms with Crippen molar-refractivity contribution in [2.75, 3.05) is 45.2 Å². The predicted molar refractivity (Wildman–Crippen MR) is 106 cm³/mol. The molecule has 11 heteroatoms. The molecular weight excluding hydrogens is 421 g/mol. The third-order valence-electron chi connectivity index (χ3n) is 5.73. The van der Waals surface area contributed by atoms with Gasteiger partial charge >= 0.3 is 6.18 Å². The highest BCUT2D eigenvalue weighted by molar-refractivity contribution is 7.17. The van der Waals surface area contributed by atoms with E-state index in [0.29, 0.717) is 26.2 Å². The number of aromatic nitrogens is 1. The van der Waals surface area contributed by atoms with E-state index in [9.17, 15) is 22.8 Å². The number of nitrogens with one attached hydrogen (secondary N) is 1. The van der Waals surface area contributed by atoms with Crippen LogP contribution in [-0.2, 0) is 15.7 Å². The van der Waals surface area contributed by atoms with E-state index in [0.717, 1.165) is 17.4 Å². The highest BCUT2D eigenvalue weighted by Crippen LogP contribution is 2.45. The van der Waals surface area contributed by atoms with Gasteiger partial charge in [0, 0.05) is 51.1 Å². The second-order valence-corrected chi connectivity index (χ2v) is 8.74. The molecule has 1 N–H and O–H groups in total. The van der Waals surface area contributed by atoms with Gasteiger partial charge in [-0.15, -0.1) is 11.3 Å². The molecule has 0 aliphatic carbocycles. The van der Waals surface area contributed by atoms with Crippen molar-refractivity contribution in [1.82, 2.24) is 15.2 Å². The molecule has 30 heavy (non-hydrogen) atoms. The number of likely N-dealkylation sites (tertiary alicyclic amines) is 1. The van der Waals surface area contributed by atoms with Crippen LogP contribution in [-0.4, -0.2) is 68.1 Å². The third-order valence-corrected chi connectivity index (χ3v) is 6.73. The van der Waals surface area contributed by atoms with Crippen molar-refractivity contribution in [3.8, 4) is 0 Å². The SMILES string of the molecule is CNC(=O)c1csc2c(C(F)(F)F)cc(N3CC4(CN(C(=O)[C@H](C)OC)C4)C3)nc12. The number of pyridine rings is 1. The standard InChI is InChI=1S/C19H21F3N4O3S/c1-10(29-3)17(28)26-8-18(9-26)6-25(7-18)13-4-12(19(20,21)22)15-14(24-13)11(5-30-15)16(27)23-2/h4-5,10H,6-9H2,1-3H3,(H,23,27)/t10-/m0/s1. The number of fused-ring (bicyclic) bond motifs is 1. The van der Waals surface area contributed by atoms with Gasteiger partial charge in [-0.2, -0.15) is 13.2 Å². The first-order chi connectivity index (χ1) is 14.1. The van der Waals surface area contributed by atoms with Gasteiger partial charge in [0.1, 0.15) is 11.9 Å². The number of halogens is 3. The fraction of sp³-hybridized carbons (Fsp3) is 0.526. The molecule has 7 nitrogen and oxygen atoms in total. The highest BCUT2D eigenvalue weighted by atomic mass is 32.1. The Kier molecular flexibility index (Phi) is 4.93. The lowest BCUT2D eigenvalue weighted by molar-refractivity contribution is -0.155. The molecule has 0 bridgehead atoms. The minimum atomic E-state index is -4.56. The number of hydrogen-bond donors (Lipinski definition) is 1. The Morgan fingerprint density at radius 3 is 2.53 bits per heavy atom. The number of nitrogens with zero attached hydrogens (tertiary/aromatic N) is 3. The molecule has 2 aliphatic heterocycles. The number of methoxy groups -OCH3 is 1. The zero-order valence-electron chi connectivity index (χ0n) is 16.7. The van der Waals surface area contributed by atoms with Gasteiger partial charge in [0.2, 0.25) is 0 Å². The highest BCUT2D eigenvalue weighted by Gasteiger charge is 2.54. The average molecular weight is 442 g/mol. The van der Waals surface area contributed by atoms with Gasteiger partial charge in [-0.3, -0.25) is 9.59 Å². The van der Waals surface area contributed by atoms with E-state index in [4.69, 9.17) is 4.74 Å². The molecule has 0 aromatic carbocycles. The van der Waals surface area contributed by atoms with Gasteiger partial charge in [-0.1, -0.05) is 0 Å². The largest absolute Gasteiger partial charge is 0.417 e. The third kappa shape index (κ3) is 3.29. The average Bonchev–Trinajstić information content (AvgIpc) is 3.06. The summed E-state index contributed by atoms with van der Waals surface area (Å²) in [5, 5.41) is 3.84. The number of hydrogen-bond acceptors (Lipinski definition) is 6. The van der Waals surface area contributed by atoms with Crippen molar-refractivity contribution < 1.29 is 27.5 Å². The van der Waals surface area contributed by atoms with Crippen molar-refractivity contribution in [1.29, 1.82) is 0 Å². The Bertz CT molecular complexity index is 1010. The zero-order valence-corrected chi connectivity index (χ0v) is 17.5. The van der Waals surface area contributed by atoms with Crippen molar-refractivity contribution >= 4 is 39.2 Å². The monoisotopic (exact) mass is 442 g/mol. The number of carbonyl (C=O) groups is 2. The van der Waals surface area contributed by atoms with Crippen molar-refractivity contribution in [2.24, 2.45) is 5.41 Å². The second-order valence-electron chi connectivity index (χ2n) is 7.86. The molecule has 0 unspecified atom stereocenters. The molecule has 4 rings (SSSR count). The van der Waals surface area contributed by atoms with Crippen LogP contribution < -0.4 is 10.2 Å². The maximum Gasteiger partial charge on any atom is 0.417 e. The first-order valence-corrected chi connectivity index (χ1v) is 10.2. The summed E-state index contributed by atoms with van der Waals surface area (Å²) in [6, 6.07) is 1.05. The fourth-order valence-corrected chi connectivity index (χ4v) is 5.09. The van der Waals surface area contributed by atoms with E-state index in [1.807, 2.05) is 0 Å². The summed E-state index contributed by atoms with van der Waals surface area (Å²) in [6.07, 6.45) is -5.07. The quantitative estimate of drug-likeness (QED) is 0.787. The molecule has 2 fully saturated rings. The van der Waals surface area contributed by atoms with Gasteiger partial charge in [0.05, 0.1) is 21.3 Å². The van der Waals surface area contributed by atoms with Crippen LogP contribution in [0, 0.1) is 5.41 Å². The maximum atomic E-state index is 13.7. The molecule has 0 radical (unpaired) electrons. The van der Waals surface area contributed by atoms with Crippen LogP contribution in [0.2, 0.25) is 0 Å². The lowest BCUT2D eigenvalue weighted by atomic mass is 9.72. The Morgan fingerprint density at radius 2 is 1.97 bits per heavy atom. The number of alkyl halides is 3. The Balaban J connectivity index is 1.57. The summed E-state index contributed by atoms with van der Waals surface area (Å²) < 4.78 is 46.0. The summed E-state index contributed by atoms with van der Waals surface area (Å²) in [5.41, 5.74) is -0.724. The van der Waals surface area contributed by atoms with Crippen LogP contribution >= 0.6 is 11.3 Å². The molecule has 4 heterocycles. The van der Waals surface area contributed by atoms with Gasteiger partial charge in [-0.25, -0.2) is 4.98 Å². The van der Waals surface area contributed by atoms with E-state index in [2.05, 4.69) is 10.3 Å². The summed E-state index contributed by atoms with van der Waals surface area (Å²) in [6.45, 7) is 3.79. The predicted octanol–water partition coefficient (Wildman–Crippen LogP) is 2.36. The van der Waals surface area contributed by atoms with E-state index in [1.54, 1.807) is 16.7 Å². The van der Waals surface area contributed by atoms with Gasteiger partial charge < -0.3 is 19.9 Å². The number of thiophene rings is 1. The molecule has 0 saturated carbocycles. The maximum absolute atomic E-state index is 13.7. The summed E-state index contributed by atoms with van der Waals surface area (Å²) in [7, 11) is 2.90. The molecule has 2 aromatic heterocycles. The number of anilines is 1. The molecule has 2 amide bonds. The molecule has 1 atom stereocenters. The molecule has 1 spiro atoms. The molecular formula is C19H21F3N4O3S. The van der Waals surface area contributed by atoms with E-state index < -0.39 is 23.8 Å². The molecule has 2 aromatic rings. The summed E-state index contributed by atoms with van der Waals surface area (Å²) in [4.78, 5) is 32.1. The molecule has 2 aliphatic rings. The molecule has 2 saturated heterocycles. The summed E-state index contributed by atoms with van der Waals surface area (Å²) >= 11 is 0.863. The first-order valence-electron chi connectivity index (χ1n) is 9.36. The number of amides is 2. The van der Waals surface area contributed by atoms with Crippen LogP contribution in [0.1, 0.15) is 22.8 Å². The first kappa shape index (κ1) is 20.9. The van der Waals surface area contributed by atoms with Gasteiger partial charge in [0.25, 0.3) is 11.8 Å². The number of ether oxygens (including phenoxy) is 1. The van der Waals surface area contributed by atoms with Crippen LogP contribution in [0.25, 0.3) is 10.2 Å². The van der Waals surface area contributed by atoms with Crippen LogP contribution in [0.4, 0.5) is 19.0 Å². The van der Waals surface area contributed by atoms with Crippen LogP contribution in [0.15, 0.2) is 11.4 Å². The smallest absolute Gasteiger partial charge is 0.372 e. The van der Waals surface area contributed by atoms with Crippen molar-refractivity contribution in [3.05, 3.63) is 22.6 Å². The number of carbonyl (C=O) groups excluding carboxylic acids is 2. The fourth-order valence-electron chi connectivity index (χ4n) is 4.07. The Morgan fingerprint density at radius 1 is 1.30 bits per heavy atom. The minimum absolute atomic E-state index is 0.0472. The Labute approximate surface area is 174 Å². The molecule has 162 valence electrons. The van der Waals surface area contributed by atoms with Gasteiger partial charge in [0.15, 0.2) is 0 Å². The van der Waals surface area contributed by atoms with E-state index >= 15 is 0 Å². The van der Waals surface area contributed by atoms with Crippen molar-refractivity contribution in [2.45, 2.75) is 19.2 Å². The lowest BCUT2D eigenvalue weighted by Gasteiger charge is -2.60. The summed E-state index contributed by atoms with van der Waals surface area (Å²) in [5.74, 6) is -0.368. The van der Waals surface area contributed by atoms with Crippen LogP contribution in [0.3, 0.4) is 0 Å².